The number of carbonyl (C=O) groups excluding carboxylic acids is 1. The zero-order chi connectivity index (χ0) is 19.7. The van der Waals surface area contributed by atoms with Crippen molar-refractivity contribution < 1.29 is 22.7 Å². The number of sulfone groups is 1. The number of piperidine rings is 1. The maximum atomic E-state index is 12.9. The Morgan fingerprint density at radius 2 is 2.07 bits per heavy atom. The van der Waals surface area contributed by atoms with Gasteiger partial charge in [0.2, 0.25) is 5.91 Å². The van der Waals surface area contributed by atoms with Crippen LogP contribution in [0.25, 0.3) is 0 Å². The van der Waals surface area contributed by atoms with E-state index in [9.17, 15) is 13.2 Å². The lowest BCUT2D eigenvalue weighted by molar-refractivity contribution is -0.124. The molecule has 2 heterocycles. The van der Waals surface area contributed by atoms with Crippen LogP contribution in [0.5, 0.6) is 11.5 Å². The fourth-order valence-corrected chi connectivity index (χ4v) is 5.20. The second kappa shape index (κ2) is 7.67. The molecule has 8 heteroatoms. The van der Waals surface area contributed by atoms with Crippen LogP contribution in [-0.2, 0) is 27.6 Å². The Morgan fingerprint density at radius 3 is 2.70 bits per heavy atom. The average Bonchev–Trinajstić information content (AvgIpc) is 2.98. The van der Waals surface area contributed by atoms with E-state index in [0.717, 1.165) is 29.6 Å². The van der Waals surface area contributed by atoms with E-state index in [4.69, 9.17) is 9.47 Å². The second-order valence-corrected chi connectivity index (χ2v) is 9.66. The molecular formula is C19H28N2O5S. The fourth-order valence-electron chi connectivity index (χ4n) is 3.84. The first-order valence-electron chi connectivity index (χ1n) is 9.40. The Hall–Kier alpha value is -1.80. The van der Waals surface area contributed by atoms with Crippen LogP contribution in [0.15, 0.2) is 12.1 Å². The van der Waals surface area contributed by atoms with Gasteiger partial charge in [0.25, 0.3) is 0 Å². The van der Waals surface area contributed by atoms with Crippen LogP contribution in [-0.4, -0.2) is 51.1 Å². The van der Waals surface area contributed by atoms with Crippen LogP contribution in [0.3, 0.4) is 0 Å². The summed E-state index contributed by atoms with van der Waals surface area (Å²) in [6.45, 7) is 5.64. The third-order valence-electron chi connectivity index (χ3n) is 5.35. The number of amides is 1. The maximum absolute atomic E-state index is 12.9. The van der Waals surface area contributed by atoms with Crippen LogP contribution in [0.1, 0.15) is 37.8 Å². The topological polar surface area (TPSA) is 93.7 Å². The van der Waals surface area contributed by atoms with Crippen LogP contribution in [0.2, 0.25) is 0 Å². The van der Waals surface area contributed by atoms with E-state index >= 15 is 0 Å². The normalized spacial score (nSPS) is 21.2. The van der Waals surface area contributed by atoms with Crippen molar-refractivity contribution in [1.82, 2.24) is 10.6 Å². The largest absolute Gasteiger partial charge is 0.494 e. The third kappa shape index (κ3) is 3.91. The number of rotatable bonds is 6. The first-order chi connectivity index (χ1) is 12.8. The van der Waals surface area contributed by atoms with Gasteiger partial charge < -0.3 is 20.1 Å². The molecule has 0 bridgehead atoms. The molecule has 1 aromatic rings. The maximum Gasteiger partial charge on any atom is 0.241 e. The lowest BCUT2D eigenvalue weighted by Gasteiger charge is -2.34. The minimum atomic E-state index is -3.54. The summed E-state index contributed by atoms with van der Waals surface area (Å²) in [7, 11) is -3.54. The van der Waals surface area contributed by atoms with E-state index in [2.05, 4.69) is 10.6 Å². The summed E-state index contributed by atoms with van der Waals surface area (Å²) in [5.41, 5.74) is 1.88. The molecule has 2 aliphatic heterocycles. The third-order valence-corrected chi connectivity index (χ3v) is 7.37. The van der Waals surface area contributed by atoms with Crippen LogP contribution in [0, 0.1) is 0 Å². The summed E-state index contributed by atoms with van der Waals surface area (Å²) >= 11 is 0. The molecule has 1 saturated heterocycles. The molecule has 3 rings (SSSR count). The van der Waals surface area contributed by atoms with Gasteiger partial charge >= 0.3 is 0 Å². The molecule has 1 unspecified atom stereocenters. The Morgan fingerprint density at radius 1 is 1.37 bits per heavy atom. The van der Waals surface area contributed by atoms with Gasteiger partial charge in [-0.15, -0.1) is 0 Å². The smallest absolute Gasteiger partial charge is 0.241 e. The molecule has 1 aromatic carbocycles. The van der Waals surface area contributed by atoms with Crippen molar-refractivity contribution in [2.75, 3.05) is 26.0 Å². The molecule has 0 spiro atoms. The lowest BCUT2D eigenvalue weighted by atomic mass is 9.95. The minimum absolute atomic E-state index is 0.113. The standard InChI is InChI=1S/C19H28N2O5S/c1-4-25-16-10-14-9-13(2)26-17(14)11-15(16)12-21-18(22)19(27(3,23)24)5-7-20-8-6-19/h10-11,13,20H,4-9,12H2,1-3H3,(H,21,22). The van der Waals surface area contributed by atoms with Gasteiger partial charge in [0.05, 0.1) is 6.61 Å². The number of hydrogen-bond donors (Lipinski definition) is 2. The van der Waals surface area contributed by atoms with E-state index in [1.165, 1.54) is 0 Å². The summed E-state index contributed by atoms with van der Waals surface area (Å²) in [5, 5.41) is 5.95. The first-order valence-corrected chi connectivity index (χ1v) is 11.3. The summed E-state index contributed by atoms with van der Waals surface area (Å²) in [4.78, 5) is 12.9. The summed E-state index contributed by atoms with van der Waals surface area (Å²) in [6, 6.07) is 3.85. The molecule has 0 radical (unpaired) electrons. The van der Waals surface area contributed by atoms with E-state index in [1.54, 1.807) is 0 Å². The minimum Gasteiger partial charge on any atom is -0.494 e. The number of hydrogen-bond acceptors (Lipinski definition) is 6. The summed E-state index contributed by atoms with van der Waals surface area (Å²) in [6.07, 6.45) is 2.64. The van der Waals surface area contributed by atoms with Crippen molar-refractivity contribution in [2.45, 2.75) is 50.5 Å². The van der Waals surface area contributed by atoms with E-state index in [1.807, 2.05) is 26.0 Å². The molecule has 27 heavy (non-hydrogen) atoms. The predicted octanol–water partition coefficient (Wildman–Crippen LogP) is 1.19. The van der Waals surface area contributed by atoms with Crippen LogP contribution < -0.4 is 20.1 Å². The van der Waals surface area contributed by atoms with Crippen molar-refractivity contribution in [3.63, 3.8) is 0 Å². The number of benzene rings is 1. The Kier molecular flexibility index (Phi) is 5.67. The van der Waals surface area contributed by atoms with Gasteiger partial charge in [0, 0.05) is 30.3 Å². The Bertz CT molecular complexity index is 816. The second-order valence-electron chi connectivity index (χ2n) is 7.33. The SMILES string of the molecule is CCOc1cc2c(cc1CNC(=O)C1(S(C)(=O)=O)CCNCC1)OC(C)C2. The van der Waals surface area contributed by atoms with Crippen molar-refractivity contribution >= 4 is 15.7 Å². The van der Waals surface area contributed by atoms with Gasteiger partial charge in [0.15, 0.2) is 14.6 Å². The summed E-state index contributed by atoms with van der Waals surface area (Å²) in [5.74, 6) is 1.06. The van der Waals surface area contributed by atoms with E-state index < -0.39 is 20.5 Å². The molecule has 0 aromatic heterocycles. The number of fused-ring (bicyclic) bond motifs is 1. The van der Waals surface area contributed by atoms with Crippen molar-refractivity contribution in [1.29, 1.82) is 0 Å². The van der Waals surface area contributed by atoms with Crippen LogP contribution in [0.4, 0.5) is 0 Å². The molecular weight excluding hydrogens is 368 g/mol. The lowest BCUT2D eigenvalue weighted by Crippen LogP contribution is -2.57. The Labute approximate surface area is 160 Å². The van der Waals surface area contributed by atoms with Gasteiger partial charge in [-0.3, -0.25) is 4.79 Å². The van der Waals surface area contributed by atoms with Gasteiger partial charge in [-0.2, -0.15) is 0 Å². The molecule has 2 aliphatic rings. The number of carbonyl (C=O) groups is 1. The zero-order valence-electron chi connectivity index (χ0n) is 16.1. The van der Waals surface area contributed by atoms with Gasteiger partial charge in [-0.1, -0.05) is 0 Å². The van der Waals surface area contributed by atoms with E-state index in [0.29, 0.717) is 25.4 Å². The fraction of sp³-hybridized carbons (Fsp3) is 0.632. The van der Waals surface area contributed by atoms with Crippen LogP contribution >= 0.6 is 0 Å². The van der Waals surface area contributed by atoms with Gasteiger partial charge in [0.1, 0.15) is 17.6 Å². The molecule has 1 atom stereocenters. The van der Waals surface area contributed by atoms with Crippen molar-refractivity contribution in [3.8, 4) is 11.5 Å². The number of ether oxygens (including phenoxy) is 2. The monoisotopic (exact) mass is 396 g/mol. The highest BCUT2D eigenvalue weighted by molar-refractivity contribution is 7.92. The van der Waals surface area contributed by atoms with E-state index in [-0.39, 0.29) is 25.5 Å². The Balaban J connectivity index is 1.81. The molecule has 2 N–H and O–H groups in total. The van der Waals surface area contributed by atoms with Gasteiger partial charge in [-0.25, -0.2) is 8.42 Å². The quantitative estimate of drug-likeness (QED) is 0.750. The molecule has 1 fully saturated rings. The molecule has 0 saturated carbocycles. The zero-order valence-corrected chi connectivity index (χ0v) is 16.9. The average molecular weight is 397 g/mol. The predicted molar refractivity (Wildman–Crippen MR) is 103 cm³/mol. The highest BCUT2D eigenvalue weighted by Crippen LogP contribution is 2.35. The highest BCUT2D eigenvalue weighted by atomic mass is 32.2. The molecule has 150 valence electrons. The number of nitrogens with one attached hydrogen (secondary N) is 2. The van der Waals surface area contributed by atoms with Crippen molar-refractivity contribution in [2.24, 2.45) is 0 Å². The molecule has 7 nitrogen and oxygen atoms in total. The molecule has 0 aliphatic carbocycles. The highest BCUT2D eigenvalue weighted by Gasteiger charge is 2.48. The summed E-state index contributed by atoms with van der Waals surface area (Å²) < 4.78 is 34.9. The van der Waals surface area contributed by atoms with Gasteiger partial charge in [-0.05, 0) is 51.9 Å². The molecule has 1 amide bonds. The first kappa shape index (κ1) is 19.9. The van der Waals surface area contributed by atoms with Crippen molar-refractivity contribution in [3.05, 3.63) is 23.3 Å².